The standard InChI is InChI=1S/C29H28N2O8S2/c1-19-4-8-22(9-5-19)30(40(34)35)27-14-12-24(16-21(27)18-32)39-25-13-15-28(26(17-25)29(33)38-3)31(41(36)37)23-10-6-20(2)7-11-23/h4-17,32H,18H2,1-3H3,(H,34,35)(H,36,37). The Morgan fingerprint density at radius 1 is 0.732 bits per heavy atom. The monoisotopic (exact) mass is 596 g/mol. The molecule has 0 bridgehead atoms. The van der Waals surface area contributed by atoms with Gasteiger partial charge in [-0.2, -0.15) is 0 Å². The second-order valence-electron chi connectivity index (χ2n) is 8.94. The molecule has 0 fully saturated rings. The summed E-state index contributed by atoms with van der Waals surface area (Å²) in [4.78, 5) is 12.7. The summed E-state index contributed by atoms with van der Waals surface area (Å²) in [5, 5.41) is 10.1. The van der Waals surface area contributed by atoms with Crippen LogP contribution in [0, 0.1) is 13.8 Å². The van der Waals surface area contributed by atoms with Crippen molar-refractivity contribution >= 4 is 51.3 Å². The van der Waals surface area contributed by atoms with Gasteiger partial charge in [-0.3, -0.25) is 9.11 Å². The first-order valence-electron chi connectivity index (χ1n) is 12.2. The van der Waals surface area contributed by atoms with E-state index in [-0.39, 0.29) is 22.7 Å². The lowest BCUT2D eigenvalue weighted by atomic mass is 10.1. The zero-order valence-electron chi connectivity index (χ0n) is 22.4. The van der Waals surface area contributed by atoms with E-state index in [0.29, 0.717) is 22.6 Å². The van der Waals surface area contributed by atoms with Gasteiger partial charge in [0.25, 0.3) is 22.5 Å². The number of hydrogen-bond acceptors (Lipinski definition) is 6. The molecule has 0 spiro atoms. The van der Waals surface area contributed by atoms with Gasteiger partial charge in [0, 0.05) is 5.56 Å². The normalized spacial score (nSPS) is 12.3. The molecular formula is C29H28N2O8S2. The van der Waals surface area contributed by atoms with Gasteiger partial charge in [-0.15, -0.1) is 0 Å². The summed E-state index contributed by atoms with van der Waals surface area (Å²) in [6.07, 6.45) is 0. The Morgan fingerprint density at radius 2 is 1.20 bits per heavy atom. The van der Waals surface area contributed by atoms with Crippen molar-refractivity contribution in [3.63, 3.8) is 0 Å². The number of anilines is 4. The first-order valence-corrected chi connectivity index (χ1v) is 14.3. The third kappa shape index (κ3) is 6.81. The molecule has 0 heterocycles. The molecule has 2 unspecified atom stereocenters. The maximum atomic E-state index is 12.7. The van der Waals surface area contributed by atoms with Crippen LogP contribution in [0.3, 0.4) is 0 Å². The average molecular weight is 597 g/mol. The number of nitrogens with zero attached hydrogens (tertiary/aromatic N) is 2. The van der Waals surface area contributed by atoms with E-state index in [2.05, 4.69) is 0 Å². The molecule has 0 aromatic heterocycles. The Kier molecular flexibility index (Phi) is 9.53. The van der Waals surface area contributed by atoms with Gasteiger partial charge in [-0.1, -0.05) is 35.4 Å². The summed E-state index contributed by atoms with van der Waals surface area (Å²) in [5.41, 5.74) is 3.50. The average Bonchev–Trinajstić information content (AvgIpc) is 2.95. The Hall–Kier alpha value is -4.07. The van der Waals surface area contributed by atoms with E-state index in [0.717, 1.165) is 15.4 Å². The van der Waals surface area contributed by atoms with Gasteiger partial charge in [0.15, 0.2) is 0 Å². The fourth-order valence-corrected chi connectivity index (χ4v) is 5.38. The third-order valence-corrected chi connectivity index (χ3v) is 7.56. The van der Waals surface area contributed by atoms with Crippen molar-refractivity contribution in [2.45, 2.75) is 20.5 Å². The maximum Gasteiger partial charge on any atom is 0.340 e. The molecular weight excluding hydrogens is 568 g/mol. The van der Waals surface area contributed by atoms with E-state index in [1.807, 2.05) is 13.8 Å². The fraction of sp³-hybridized carbons (Fsp3) is 0.138. The van der Waals surface area contributed by atoms with Crippen LogP contribution in [-0.4, -0.2) is 35.7 Å². The molecule has 4 rings (SSSR count). The molecule has 0 saturated heterocycles. The molecule has 2 atom stereocenters. The number of carbonyl (C=O) groups excluding carboxylic acids is 1. The summed E-state index contributed by atoms with van der Waals surface area (Å²) < 4.78 is 57.8. The molecule has 0 radical (unpaired) electrons. The van der Waals surface area contributed by atoms with Crippen LogP contribution < -0.4 is 13.3 Å². The zero-order valence-corrected chi connectivity index (χ0v) is 24.0. The van der Waals surface area contributed by atoms with Gasteiger partial charge in [-0.25, -0.2) is 21.8 Å². The number of aliphatic hydroxyl groups excluding tert-OH is 1. The zero-order chi connectivity index (χ0) is 29.7. The second-order valence-corrected chi connectivity index (χ2v) is 10.6. The minimum Gasteiger partial charge on any atom is -0.465 e. The molecule has 3 N–H and O–H groups in total. The summed E-state index contributed by atoms with van der Waals surface area (Å²) in [5.74, 6) is -0.270. The summed E-state index contributed by atoms with van der Waals surface area (Å²) in [7, 11) is 1.20. The smallest absolute Gasteiger partial charge is 0.340 e. The van der Waals surface area contributed by atoms with E-state index in [1.165, 1.54) is 35.7 Å². The van der Waals surface area contributed by atoms with Gasteiger partial charge < -0.3 is 14.6 Å². The van der Waals surface area contributed by atoms with Crippen LogP contribution in [0.15, 0.2) is 84.9 Å². The van der Waals surface area contributed by atoms with E-state index in [9.17, 15) is 27.4 Å². The van der Waals surface area contributed by atoms with Gasteiger partial charge in [0.1, 0.15) is 11.5 Å². The molecule has 0 amide bonds. The van der Waals surface area contributed by atoms with Crippen LogP contribution in [0.4, 0.5) is 22.7 Å². The lowest BCUT2D eigenvalue weighted by Crippen LogP contribution is -2.22. The maximum absolute atomic E-state index is 12.7. The Balaban J connectivity index is 1.70. The van der Waals surface area contributed by atoms with E-state index >= 15 is 0 Å². The number of methoxy groups -OCH3 is 1. The SMILES string of the molecule is COC(=O)c1cc(Oc2ccc(N(c3ccc(C)cc3)S(=O)O)c(CO)c2)ccc1N(c1ccc(C)cc1)S(=O)O. The largest absolute Gasteiger partial charge is 0.465 e. The van der Waals surface area contributed by atoms with Gasteiger partial charge >= 0.3 is 5.97 Å². The van der Waals surface area contributed by atoms with Crippen LogP contribution in [0.25, 0.3) is 0 Å². The minimum absolute atomic E-state index is 0.0202. The van der Waals surface area contributed by atoms with Gasteiger partial charge in [0.05, 0.1) is 42.0 Å². The summed E-state index contributed by atoms with van der Waals surface area (Å²) >= 11 is -4.94. The molecule has 4 aromatic rings. The van der Waals surface area contributed by atoms with Crippen molar-refractivity contribution in [2.75, 3.05) is 15.7 Å². The highest BCUT2D eigenvalue weighted by Gasteiger charge is 2.24. The molecule has 10 nitrogen and oxygen atoms in total. The number of aryl methyl sites for hydroxylation is 2. The van der Waals surface area contributed by atoms with Crippen molar-refractivity contribution in [1.29, 1.82) is 0 Å². The molecule has 0 aliphatic heterocycles. The first-order chi connectivity index (χ1) is 19.6. The summed E-state index contributed by atoms with van der Waals surface area (Å²) in [6, 6.07) is 22.8. The minimum atomic E-state index is -2.51. The highest BCUT2D eigenvalue weighted by atomic mass is 32.2. The fourth-order valence-electron chi connectivity index (χ4n) is 4.10. The quantitative estimate of drug-likeness (QED) is 0.152. The molecule has 214 valence electrons. The number of aliphatic hydroxyl groups is 1. The Labute approximate surface area is 242 Å². The Bertz CT molecular complexity index is 1590. The molecule has 0 aliphatic rings. The number of esters is 1. The second kappa shape index (κ2) is 13.1. The Morgan fingerprint density at radius 3 is 1.66 bits per heavy atom. The lowest BCUT2D eigenvalue weighted by Gasteiger charge is -2.24. The van der Waals surface area contributed by atoms with Gasteiger partial charge in [0.2, 0.25) is 0 Å². The topological polar surface area (TPSA) is 137 Å². The predicted molar refractivity (Wildman–Crippen MR) is 158 cm³/mol. The van der Waals surface area contributed by atoms with Crippen LogP contribution in [0.1, 0.15) is 27.0 Å². The molecule has 4 aromatic carbocycles. The summed E-state index contributed by atoms with van der Waals surface area (Å²) in [6.45, 7) is 3.33. The first kappa shape index (κ1) is 29.9. The van der Waals surface area contributed by atoms with Crippen LogP contribution in [0.5, 0.6) is 11.5 Å². The van der Waals surface area contributed by atoms with Crippen molar-refractivity contribution < 1.29 is 36.9 Å². The van der Waals surface area contributed by atoms with Crippen molar-refractivity contribution in [3.05, 3.63) is 107 Å². The van der Waals surface area contributed by atoms with Crippen molar-refractivity contribution in [3.8, 4) is 11.5 Å². The predicted octanol–water partition coefficient (Wildman–Crippen LogP) is 5.92. The third-order valence-electron chi connectivity index (χ3n) is 6.12. The van der Waals surface area contributed by atoms with E-state index in [1.54, 1.807) is 60.7 Å². The lowest BCUT2D eigenvalue weighted by molar-refractivity contribution is 0.0601. The number of rotatable bonds is 10. The highest BCUT2D eigenvalue weighted by Crippen LogP contribution is 2.37. The van der Waals surface area contributed by atoms with Crippen LogP contribution in [-0.2, 0) is 33.9 Å². The molecule has 0 aliphatic carbocycles. The van der Waals surface area contributed by atoms with E-state index in [4.69, 9.17) is 9.47 Å². The van der Waals surface area contributed by atoms with Crippen LogP contribution in [0.2, 0.25) is 0 Å². The van der Waals surface area contributed by atoms with Gasteiger partial charge in [-0.05, 0) is 74.5 Å². The van der Waals surface area contributed by atoms with Crippen molar-refractivity contribution in [1.82, 2.24) is 0 Å². The highest BCUT2D eigenvalue weighted by molar-refractivity contribution is 7.81. The van der Waals surface area contributed by atoms with E-state index < -0.39 is 35.1 Å². The number of ether oxygens (including phenoxy) is 2. The molecule has 41 heavy (non-hydrogen) atoms. The number of benzene rings is 4. The molecule has 0 saturated carbocycles. The molecule has 12 heteroatoms. The number of carbonyl (C=O) groups is 1. The van der Waals surface area contributed by atoms with Crippen LogP contribution >= 0.6 is 0 Å². The van der Waals surface area contributed by atoms with Crippen molar-refractivity contribution in [2.24, 2.45) is 0 Å². The number of hydrogen-bond donors (Lipinski definition) is 3.